The molecule has 0 fully saturated rings. The van der Waals surface area contributed by atoms with Gasteiger partial charge in [-0.1, -0.05) is 6.58 Å². The predicted molar refractivity (Wildman–Crippen MR) is 50.5 cm³/mol. The molecule has 0 aromatic heterocycles. The van der Waals surface area contributed by atoms with Crippen LogP contribution in [-0.4, -0.2) is 23.9 Å². The summed E-state index contributed by atoms with van der Waals surface area (Å²) in [6, 6.07) is 0. The molecule has 0 radical (unpaired) electrons. The van der Waals surface area contributed by atoms with E-state index in [4.69, 9.17) is 0 Å². The standard InChI is InChI=1S/C8H12N2S/c1-8-9(2)4-6-11-7-5-10(8)3/h4-7H,1H2,2-3H3/b6-4-,7-5-. The van der Waals surface area contributed by atoms with Gasteiger partial charge in [-0.2, -0.15) is 0 Å². The lowest BCUT2D eigenvalue weighted by atomic mass is 10.6. The Balaban J connectivity index is 2.75. The van der Waals surface area contributed by atoms with Gasteiger partial charge in [0.1, 0.15) is 5.82 Å². The fourth-order valence-electron chi connectivity index (χ4n) is 0.719. The van der Waals surface area contributed by atoms with E-state index in [1.54, 1.807) is 11.8 Å². The first-order chi connectivity index (χ1) is 5.22. The van der Waals surface area contributed by atoms with E-state index in [1.807, 2.05) is 47.1 Å². The molecule has 3 heteroatoms. The van der Waals surface area contributed by atoms with E-state index in [9.17, 15) is 0 Å². The molecule has 11 heavy (non-hydrogen) atoms. The van der Waals surface area contributed by atoms with Gasteiger partial charge in [0.05, 0.1) is 0 Å². The van der Waals surface area contributed by atoms with Crippen molar-refractivity contribution in [2.24, 2.45) is 0 Å². The van der Waals surface area contributed by atoms with Crippen molar-refractivity contribution in [1.29, 1.82) is 0 Å². The van der Waals surface area contributed by atoms with E-state index >= 15 is 0 Å². The monoisotopic (exact) mass is 168 g/mol. The minimum Gasteiger partial charge on any atom is -0.337 e. The van der Waals surface area contributed by atoms with Crippen molar-refractivity contribution < 1.29 is 0 Å². The Morgan fingerprint density at radius 2 is 1.64 bits per heavy atom. The molecule has 1 aliphatic heterocycles. The molecule has 0 aromatic rings. The zero-order chi connectivity index (χ0) is 8.27. The Bertz CT molecular complexity index is 188. The van der Waals surface area contributed by atoms with Crippen molar-refractivity contribution in [2.75, 3.05) is 14.1 Å². The van der Waals surface area contributed by atoms with E-state index in [2.05, 4.69) is 6.58 Å². The summed E-state index contributed by atoms with van der Waals surface area (Å²) < 4.78 is 0. The van der Waals surface area contributed by atoms with Crippen LogP contribution in [0.5, 0.6) is 0 Å². The third-order valence-corrected chi connectivity index (χ3v) is 2.10. The molecule has 0 bridgehead atoms. The van der Waals surface area contributed by atoms with Crippen molar-refractivity contribution in [2.45, 2.75) is 0 Å². The molecule has 0 spiro atoms. The molecule has 0 unspecified atom stereocenters. The van der Waals surface area contributed by atoms with Crippen LogP contribution in [0.3, 0.4) is 0 Å². The van der Waals surface area contributed by atoms with Crippen molar-refractivity contribution in [3.8, 4) is 0 Å². The zero-order valence-corrected chi connectivity index (χ0v) is 7.64. The third kappa shape index (κ3) is 2.05. The van der Waals surface area contributed by atoms with Gasteiger partial charge in [-0.15, -0.1) is 11.8 Å². The predicted octanol–water partition coefficient (Wildman–Crippen LogP) is 2.01. The van der Waals surface area contributed by atoms with E-state index in [0.29, 0.717) is 0 Å². The van der Waals surface area contributed by atoms with Gasteiger partial charge >= 0.3 is 0 Å². The van der Waals surface area contributed by atoms with Crippen LogP contribution in [0.1, 0.15) is 0 Å². The second-order valence-corrected chi connectivity index (χ2v) is 3.16. The molecule has 2 nitrogen and oxygen atoms in total. The average Bonchev–Trinajstić information content (AvgIpc) is 2.00. The van der Waals surface area contributed by atoms with Gasteiger partial charge in [0, 0.05) is 26.5 Å². The Morgan fingerprint density at radius 1 is 1.18 bits per heavy atom. The molecule has 1 rings (SSSR count). The summed E-state index contributed by atoms with van der Waals surface area (Å²) in [4.78, 5) is 3.97. The van der Waals surface area contributed by atoms with Crippen LogP contribution < -0.4 is 0 Å². The number of hydrogen-bond donors (Lipinski definition) is 0. The Morgan fingerprint density at radius 3 is 2.09 bits per heavy atom. The van der Waals surface area contributed by atoms with Gasteiger partial charge in [-0.05, 0) is 10.8 Å². The van der Waals surface area contributed by atoms with Crippen LogP contribution in [0.4, 0.5) is 0 Å². The fourth-order valence-corrected chi connectivity index (χ4v) is 1.32. The van der Waals surface area contributed by atoms with Gasteiger partial charge in [0.15, 0.2) is 0 Å². The van der Waals surface area contributed by atoms with Crippen molar-refractivity contribution in [3.05, 3.63) is 35.6 Å². The third-order valence-electron chi connectivity index (χ3n) is 1.54. The van der Waals surface area contributed by atoms with Crippen LogP contribution >= 0.6 is 11.8 Å². The van der Waals surface area contributed by atoms with Gasteiger partial charge in [-0.3, -0.25) is 0 Å². The summed E-state index contributed by atoms with van der Waals surface area (Å²) in [6.45, 7) is 3.92. The first kappa shape index (κ1) is 8.27. The molecular formula is C8H12N2S. The Kier molecular flexibility index (Phi) is 2.65. The summed E-state index contributed by atoms with van der Waals surface area (Å²) in [5, 5.41) is 4.04. The second kappa shape index (κ2) is 3.53. The van der Waals surface area contributed by atoms with Crippen molar-refractivity contribution in [3.63, 3.8) is 0 Å². The minimum absolute atomic E-state index is 0.970. The highest BCUT2D eigenvalue weighted by molar-refractivity contribution is 8.04. The SMILES string of the molecule is C=C1N(C)/C=C\S/C=C\N1C. The highest BCUT2D eigenvalue weighted by Crippen LogP contribution is 2.14. The number of rotatable bonds is 0. The topological polar surface area (TPSA) is 6.48 Å². The Hall–Kier alpha value is -0.830. The van der Waals surface area contributed by atoms with Crippen LogP contribution in [0.15, 0.2) is 35.6 Å². The second-order valence-electron chi connectivity index (χ2n) is 2.34. The maximum Gasteiger partial charge on any atom is 0.104 e. The summed E-state index contributed by atoms with van der Waals surface area (Å²) in [7, 11) is 3.96. The Labute approximate surface area is 71.9 Å². The molecule has 0 atom stereocenters. The molecule has 1 aliphatic rings. The van der Waals surface area contributed by atoms with Crippen LogP contribution in [0, 0.1) is 0 Å². The lowest BCUT2D eigenvalue weighted by molar-refractivity contribution is 0.398. The first-order valence-corrected chi connectivity index (χ1v) is 4.29. The largest absolute Gasteiger partial charge is 0.337 e. The lowest BCUT2D eigenvalue weighted by Gasteiger charge is -2.25. The van der Waals surface area contributed by atoms with Crippen LogP contribution in [0.2, 0.25) is 0 Å². The smallest absolute Gasteiger partial charge is 0.104 e. The summed E-state index contributed by atoms with van der Waals surface area (Å²) >= 11 is 1.65. The lowest BCUT2D eigenvalue weighted by Crippen LogP contribution is -2.22. The number of hydrogen-bond acceptors (Lipinski definition) is 3. The van der Waals surface area contributed by atoms with E-state index in [-0.39, 0.29) is 0 Å². The van der Waals surface area contributed by atoms with Crippen molar-refractivity contribution in [1.82, 2.24) is 9.80 Å². The number of nitrogens with zero attached hydrogens (tertiary/aromatic N) is 2. The molecule has 0 amide bonds. The molecule has 0 saturated heterocycles. The quantitative estimate of drug-likeness (QED) is 0.546. The fraction of sp³-hybridized carbons (Fsp3) is 0.250. The highest BCUT2D eigenvalue weighted by Gasteiger charge is 2.02. The highest BCUT2D eigenvalue weighted by atomic mass is 32.2. The van der Waals surface area contributed by atoms with E-state index in [0.717, 1.165) is 5.82 Å². The van der Waals surface area contributed by atoms with Gasteiger partial charge in [0.2, 0.25) is 0 Å². The van der Waals surface area contributed by atoms with E-state index < -0.39 is 0 Å². The summed E-state index contributed by atoms with van der Waals surface area (Å²) in [6.07, 6.45) is 3.99. The van der Waals surface area contributed by atoms with Crippen molar-refractivity contribution >= 4 is 11.8 Å². The van der Waals surface area contributed by atoms with Gasteiger partial charge < -0.3 is 9.80 Å². The number of thioether (sulfide) groups is 1. The molecule has 0 aromatic carbocycles. The summed E-state index contributed by atoms with van der Waals surface area (Å²) in [5.41, 5.74) is 0. The molecule has 0 saturated carbocycles. The van der Waals surface area contributed by atoms with Gasteiger partial charge in [0.25, 0.3) is 0 Å². The minimum atomic E-state index is 0.970. The molecular weight excluding hydrogens is 156 g/mol. The molecule has 0 aliphatic carbocycles. The maximum atomic E-state index is 3.92. The maximum absolute atomic E-state index is 3.92. The van der Waals surface area contributed by atoms with E-state index in [1.165, 1.54) is 0 Å². The summed E-state index contributed by atoms with van der Waals surface area (Å²) in [5.74, 6) is 0.970. The van der Waals surface area contributed by atoms with Crippen LogP contribution in [0.25, 0.3) is 0 Å². The van der Waals surface area contributed by atoms with Crippen LogP contribution in [-0.2, 0) is 0 Å². The molecule has 0 N–H and O–H groups in total. The molecule has 60 valence electrons. The molecule has 1 heterocycles. The van der Waals surface area contributed by atoms with Gasteiger partial charge in [-0.25, -0.2) is 0 Å². The normalized spacial score (nSPS) is 24.4. The first-order valence-electron chi connectivity index (χ1n) is 3.35. The zero-order valence-electron chi connectivity index (χ0n) is 6.82. The average molecular weight is 168 g/mol.